The van der Waals surface area contributed by atoms with Gasteiger partial charge in [-0.3, -0.25) is 14.4 Å². The minimum atomic E-state index is -1.58. The van der Waals surface area contributed by atoms with Crippen molar-refractivity contribution in [3.05, 3.63) is 0 Å². The Morgan fingerprint density at radius 3 is 1.62 bits per heavy atom. The number of carbonyl (C=O) groups is 4. The van der Waals surface area contributed by atoms with E-state index >= 15 is 0 Å². The first-order valence-electron chi connectivity index (χ1n) is 21.4. The Bertz CT molecular complexity index is 1000. The van der Waals surface area contributed by atoms with E-state index in [1.807, 2.05) is 0 Å². The molecule has 6 N–H and O–H groups in total. The first-order valence-corrected chi connectivity index (χ1v) is 21.4. The predicted molar refractivity (Wildman–Crippen MR) is 209 cm³/mol. The highest BCUT2D eigenvalue weighted by Crippen LogP contribution is 2.22. The van der Waals surface area contributed by atoms with Crippen molar-refractivity contribution < 1.29 is 58.6 Å². The Morgan fingerprint density at radius 1 is 0.600 bits per heavy atom. The predicted octanol–water partition coefficient (Wildman–Crippen LogP) is 4.89. The van der Waals surface area contributed by atoms with Crippen molar-refractivity contribution in [2.45, 2.75) is 205 Å². The van der Waals surface area contributed by atoms with Crippen LogP contribution in [0.3, 0.4) is 0 Å². The molecule has 0 spiro atoms. The number of amides is 2. The molecule has 6 atom stereocenters. The molecule has 1 rings (SSSR count). The van der Waals surface area contributed by atoms with Crippen molar-refractivity contribution in [3.8, 4) is 0 Å². The molecule has 14 nitrogen and oxygen atoms in total. The molecule has 0 aromatic rings. The van der Waals surface area contributed by atoms with Crippen LogP contribution in [0.4, 0.5) is 0 Å². The molecule has 1 fully saturated rings. The topological polar surface area (TPSA) is 210 Å². The molecule has 2 amide bonds. The fourth-order valence-corrected chi connectivity index (χ4v) is 6.37. The smallest absolute Gasteiger partial charge is 0.328 e. The summed E-state index contributed by atoms with van der Waals surface area (Å²) in [6, 6.07) is -1.06. The van der Waals surface area contributed by atoms with Crippen LogP contribution >= 0.6 is 0 Å². The third-order valence-corrected chi connectivity index (χ3v) is 9.89. The van der Waals surface area contributed by atoms with Gasteiger partial charge in [0, 0.05) is 25.8 Å². The number of hydrogen-bond donors (Lipinski definition) is 6. The van der Waals surface area contributed by atoms with Gasteiger partial charge in [0.15, 0.2) is 6.29 Å². The molecular weight excluding hydrogens is 712 g/mol. The lowest BCUT2D eigenvalue weighted by Gasteiger charge is -2.39. The summed E-state index contributed by atoms with van der Waals surface area (Å²) in [5.41, 5.74) is 0. The summed E-state index contributed by atoms with van der Waals surface area (Å²) in [5.74, 6) is -2.08. The highest BCUT2D eigenvalue weighted by Gasteiger charge is 2.44. The lowest BCUT2D eigenvalue weighted by molar-refractivity contribution is -0.300. The standard InChI is InChI=1S/C41H76N2O12/c1-3-5-7-9-11-13-15-17-19-21-28-52-36(47)26-23-32(40(51)53-29-22-20-18-16-14-12-10-8-6-4-2)43-35(46)25-24-34(45)42-27-30-54-41-39(50)38(49)37(48)33(31-44)55-41/h32-33,37-39,41,44,48-50H,3-31H2,1-2H3,(H,42,45)(H,43,46)/t32?,33-,37+,38+,39-,41-/m1/s1. The minimum Gasteiger partial charge on any atom is -0.466 e. The molecule has 0 aromatic heterocycles. The van der Waals surface area contributed by atoms with Gasteiger partial charge in [-0.1, -0.05) is 129 Å². The summed E-state index contributed by atoms with van der Waals surface area (Å²) in [5, 5.41) is 44.3. The number of esters is 2. The lowest BCUT2D eigenvalue weighted by Crippen LogP contribution is -2.59. The maximum absolute atomic E-state index is 13.0. The number of hydrogen-bond acceptors (Lipinski definition) is 12. The van der Waals surface area contributed by atoms with Gasteiger partial charge < -0.3 is 50.0 Å². The molecule has 1 unspecified atom stereocenters. The molecule has 1 aliphatic rings. The molecule has 322 valence electrons. The number of aliphatic hydroxyl groups excluding tert-OH is 4. The Morgan fingerprint density at radius 2 is 1.09 bits per heavy atom. The fraction of sp³-hybridized carbons (Fsp3) is 0.902. The van der Waals surface area contributed by atoms with Crippen LogP contribution in [0.5, 0.6) is 0 Å². The van der Waals surface area contributed by atoms with Crippen molar-refractivity contribution in [2.75, 3.05) is 33.0 Å². The molecule has 1 saturated heterocycles. The summed E-state index contributed by atoms with van der Waals surface area (Å²) in [6.45, 7) is 4.24. The summed E-state index contributed by atoms with van der Waals surface area (Å²) < 4.78 is 21.5. The molecular formula is C41H76N2O12. The van der Waals surface area contributed by atoms with Crippen LogP contribution in [-0.4, -0.2) is 114 Å². The second kappa shape index (κ2) is 33.7. The second-order valence-corrected chi connectivity index (χ2v) is 14.8. The zero-order valence-corrected chi connectivity index (χ0v) is 34.0. The highest BCUT2D eigenvalue weighted by molar-refractivity contribution is 5.87. The normalized spacial score (nSPS) is 20.1. The monoisotopic (exact) mass is 789 g/mol. The van der Waals surface area contributed by atoms with Crippen LogP contribution in [0.25, 0.3) is 0 Å². The average Bonchev–Trinajstić information content (AvgIpc) is 3.18. The number of rotatable bonds is 35. The Kier molecular flexibility index (Phi) is 31.1. The summed E-state index contributed by atoms with van der Waals surface area (Å²) >= 11 is 0. The van der Waals surface area contributed by atoms with Crippen molar-refractivity contribution in [1.82, 2.24) is 10.6 Å². The Labute approximate surface area is 330 Å². The van der Waals surface area contributed by atoms with Gasteiger partial charge in [0.2, 0.25) is 11.8 Å². The molecule has 1 heterocycles. The molecule has 0 saturated carbocycles. The van der Waals surface area contributed by atoms with E-state index in [0.29, 0.717) is 13.0 Å². The zero-order valence-electron chi connectivity index (χ0n) is 34.0. The van der Waals surface area contributed by atoms with Crippen molar-refractivity contribution in [1.29, 1.82) is 0 Å². The van der Waals surface area contributed by atoms with E-state index in [-0.39, 0.29) is 45.4 Å². The number of ether oxygens (including phenoxy) is 4. The maximum atomic E-state index is 13.0. The second-order valence-electron chi connectivity index (χ2n) is 14.8. The number of nitrogens with one attached hydrogen (secondary N) is 2. The maximum Gasteiger partial charge on any atom is 0.328 e. The van der Waals surface area contributed by atoms with E-state index in [1.165, 1.54) is 83.5 Å². The molecule has 55 heavy (non-hydrogen) atoms. The highest BCUT2D eigenvalue weighted by atomic mass is 16.7. The quantitative estimate of drug-likeness (QED) is 0.0375. The fourth-order valence-electron chi connectivity index (χ4n) is 6.37. The zero-order chi connectivity index (χ0) is 40.5. The van der Waals surface area contributed by atoms with Gasteiger partial charge >= 0.3 is 11.9 Å². The van der Waals surface area contributed by atoms with Gasteiger partial charge in [0.25, 0.3) is 0 Å². The molecule has 14 heteroatoms. The summed E-state index contributed by atoms with van der Waals surface area (Å²) in [6.07, 6.45) is 15.6. The van der Waals surface area contributed by atoms with E-state index in [0.717, 1.165) is 38.5 Å². The molecule has 0 bridgehead atoms. The molecule has 0 radical (unpaired) electrons. The van der Waals surface area contributed by atoms with E-state index in [4.69, 9.17) is 18.9 Å². The third kappa shape index (κ3) is 25.5. The van der Waals surface area contributed by atoms with Crippen LogP contribution in [0, 0.1) is 0 Å². The number of unbranched alkanes of at least 4 members (excludes halogenated alkanes) is 18. The van der Waals surface area contributed by atoms with E-state index < -0.39 is 67.1 Å². The third-order valence-electron chi connectivity index (χ3n) is 9.89. The largest absolute Gasteiger partial charge is 0.466 e. The average molecular weight is 789 g/mol. The minimum absolute atomic E-state index is 0.00931. The van der Waals surface area contributed by atoms with E-state index in [9.17, 15) is 39.6 Å². The van der Waals surface area contributed by atoms with Crippen molar-refractivity contribution in [2.24, 2.45) is 0 Å². The number of carbonyl (C=O) groups excluding carboxylic acids is 4. The molecule has 0 aliphatic carbocycles. The van der Waals surface area contributed by atoms with Crippen LogP contribution in [-0.2, 0) is 38.1 Å². The van der Waals surface area contributed by atoms with Crippen LogP contribution in [0.15, 0.2) is 0 Å². The van der Waals surface area contributed by atoms with Crippen molar-refractivity contribution in [3.63, 3.8) is 0 Å². The SMILES string of the molecule is CCCCCCCCCCCCOC(=O)CCC(NC(=O)CCC(=O)NCCO[C@@H]1O[C@H](CO)[C@H](O)[C@H](O)[C@H]1O)C(=O)OCCCCCCCCCCCC. The van der Waals surface area contributed by atoms with Gasteiger partial charge in [0.1, 0.15) is 30.5 Å². The summed E-state index contributed by atoms with van der Waals surface area (Å²) in [4.78, 5) is 50.7. The van der Waals surface area contributed by atoms with E-state index in [2.05, 4.69) is 24.5 Å². The number of aliphatic hydroxyl groups is 4. The summed E-state index contributed by atoms with van der Waals surface area (Å²) in [7, 11) is 0. The van der Waals surface area contributed by atoms with Gasteiger partial charge in [-0.2, -0.15) is 0 Å². The molecule has 0 aromatic carbocycles. The van der Waals surface area contributed by atoms with Crippen LogP contribution in [0.1, 0.15) is 168 Å². The van der Waals surface area contributed by atoms with Crippen molar-refractivity contribution >= 4 is 23.8 Å². The van der Waals surface area contributed by atoms with E-state index in [1.54, 1.807) is 0 Å². The first-order chi connectivity index (χ1) is 26.6. The van der Waals surface area contributed by atoms with Gasteiger partial charge in [-0.15, -0.1) is 0 Å². The molecule has 1 aliphatic heterocycles. The van der Waals surface area contributed by atoms with Crippen LogP contribution < -0.4 is 10.6 Å². The van der Waals surface area contributed by atoms with Gasteiger partial charge in [-0.05, 0) is 19.3 Å². The van der Waals surface area contributed by atoms with Crippen LogP contribution in [0.2, 0.25) is 0 Å². The Balaban J connectivity index is 2.44. The van der Waals surface area contributed by atoms with Gasteiger partial charge in [0.05, 0.1) is 26.4 Å². The first kappa shape index (κ1) is 50.7. The van der Waals surface area contributed by atoms with Gasteiger partial charge in [-0.25, -0.2) is 4.79 Å². The lowest BCUT2D eigenvalue weighted by atomic mass is 9.99. The Hall–Kier alpha value is -2.36.